The van der Waals surface area contributed by atoms with Gasteiger partial charge in [-0.15, -0.1) is 0 Å². The number of aliphatic hydroxyl groups excluding tert-OH is 1. The minimum Gasteiger partial charge on any atom is -0.389 e. The van der Waals surface area contributed by atoms with Gasteiger partial charge in [-0.05, 0) is 98.7 Å². The molecule has 146 valence electrons. The maximum absolute atomic E-state index is 11.7. The molecule has 8 atom stereocenters. The normalized spacial score (nSPS) is 48.8. The molecule has 0 unspecified atom stereocenters. The summed E-state index contributed by atoms with van der Waals surface area (Å²) in [6.45, 7) is 9.17. The second kappa shape index (κ2) is 6.47. The van der Waals surface area contributed by atoms with Gasteiger partial charge < -0.3 is 9.90 Å². The number of allylic oxidation sites excluding steroid dienone is 1. The van der Waals surface area contributed by atoms with Crippen molar-refractivity contribution in [2.75, 3.05) is 0 Å². The fourth-order valence-corrected chi connectivity index (χ4v) is 8.28. The Labute approximate surface area is 159 Å². The smallest absolute Gasteiger partial charge is 0.130 e. The quantitative estimate of drug-likeness (QED) is 0.672. The standard InChI is InChI=1S/C24H38O2/c1-15(13-16(2)25)20-7-8-21-19-6-5-17-14-18(26)9-11-23(17,3)22(19)10-12-24(20,21)4/h14-15,18-22,26H,5-13H2,1-4H3/t15-,18+,19+,20-,21+,22+,23+,24-/m1/s1. The van der Waals surface area contributed by atoms with Crippen LogP contribution in [0.4, 0.5) is 0 Å². The van der Waals surface area contributed by atoms with E-state index in [2.05, 4.69) is 26.8 Å². The summed E-state index contributed by atoms with van der Waals surface area (Å²) in [5.74, 6) is 4.16. The Kier molecular flexibility index (Phi) is 4.66. The van der Waals surface area contributed by atoms with Gasteiger partial charge in [-0.1, -0.05) is 32.4 Å². The van der Waals surface area contributed by atoms with E-state index in [4.69, 9.17) is 0 Å². The summed E-state index contributed by atoms with van der Waals surface area (Å²) in [6.07, 6.45) is 12.8. The Hall–Kier alpha value is -0.630. The van der Waals surface area contributed by atoms with Crippen molar-refractivity contribution in [3.05, 3.63) is 11.6 Å². The Morgan fingerprint density at radius 1 is 1.15 bits per heavy atom. The first-order chi connectivity index (χ1) is 12.3. The second-order valence-corrected chi connectivity index (χ2v) is 10.7. The Balaban J connectivity index is 1.58. The van der Waals surface area contributed by atoms with Crippen molar-refractivity contribution in [1.82, 2.24) is 0 Å². The molecule has 4 rings (SSSR count). The van der Waals surface area contributed by atoms with Crippen LogP contribution in [-0.2, 0) is 4.79 Å². The van der Waals surface area contributed by atoms with Crippen LogP contribution < -0.4 is 0 Å². The highest BCUT2D eigenvalue weighted by Gasteiger charge is 2.59. The average Bonchev–Trinajstić information content (AvgIpc) is 2.92. The first-order valence-electron chi connectivity index (χ1n) is 11.1. The molecule has 0 aliphatic heterocycles. The molecule has 4 aliphatic carbocycles. The maximum Gasteiger partial charge on any atom is 0.130 e. The molecule has 0 aromatic carbocycles. The zero-order valence-corrected chi connectivity index (χ0v) is 17.3. The molecule has 26 heavy (non-hydrogen) atoms. The second-order valence-electron chi connectivity index (χ2n) is 10.7. The highest BCUT2D eigenvalue weighted by Crippen LogP contribution is 2.67. The highest BCUT2D eigenvalue weighted by atomic mass is 16.3. The van der Waals surface area contributed by atoms with Crippen LogP contribution in [0.5, 0.6) is 0 Å². The van der Waals surface area contributed by atoms with Crippen molar-refractivity contribution in [3.8, 4) is 0 Å². The van der Waals surface area contributed by atoms with Crippen molar-refractivity contribution in [2.45, 2.75) is 91.6 Å². The summed E-state index contributed by atoms with van der Waals surface area (Å²) in [5, 5.41) is 10.1. The van der Waals surface area contributed by atoms with Crippen LogP contribution in [0.1, 0.15) is 85.5 Å². The lowest BCUT2D eigenvalue weighted by Crippen LogP contribution is -2.51. The predicted octanol–water partition coefficient (Wildman–Crippen LogP) is 5.54. The van der Waals surface area contributed by atoms with E-state index in [1.165, 1.54) is 44.9 Å². The van der Waals surface area contributed by atoms with Crippen LogP contribution in [0.15, 0.2) is 11.6 Å². The van der Waals surface area contributed by atoms with Crippen molar-refractivity contribution in [3.63, 3.8) is 0 Å². The van der Waals surface area contributed by atoms with Crippen LogP contribution in [-0.4, -0.2) is 17.0 Å². The first kappa shape index (κ1) is 18.7. The summed E-state index contributed by atoms with van der Waals surface area (Å²) in [6, 6.07) is 0. The molecular weight excluding hydrogens is 320 g/mol. The number of carbonyl (C=O) groups excluding carboxylic acids is 1. The zero-order chi connectivity index (χ0) is 18.7. The van der Waals surface area contributed by atoms with Gasteiger partial charge in [0.05, 0.1) is 6.10 Å². The summed E-state index contributed by atoms with van der Waals surface area (Å²) < 4.78 is 0. The van der Waals surface area contributed by atoms with Gasteiger partial charge in [-0.3, -0.25) is 0 Å². The molecule has 1 N–H and O–H groups in total. The van der Waals surface area contributed by atoms with E-state index in [9.17, 15) is 9.90 Å². The minimum absolute atomic E-state index is 0.202. The van der Waals surface area contributed by atoms with E-state index < -0.39 is 0 Å². The van der Waals surface area contributed by atoms with Crippen molar-refractivity contribution >= 4 is 5.78 Å². The Bertz CT molecular complexity index is 607. The molecule has 4 aliphatic rings. The first-order valence-corrected chi connectivity index (χ1v) is 11.1. The van der Waals surface area contributed by atoms with Gasteiger partial charge in [-0.2, -0.15) is 0 Å². The molecule has 3 saturated carbocycles. The highest BCUT2D eigenvalue weighted by molar-refractivity contribution is 5.75. The van der Waals surface area contributed by atoms with Crippen molar-refractivity contribution < 1.29 is 9.90 Å². The average molecular weight is 359 g/mol. The summed E-state index contributed by atoms with van der Waals surface area (Å²) >= 11 is 0. The molecule has 0 amide bonds. The van der Waals surface area contributed by atoms with Crippen LogP contribution in [0.3, 0.4) is 0 Å². The Morgan fingerprint density at radius 3 is 2.65 bits per heavy atom. The van der Waals surface area contributed by atoms with Gasteiger partial charge in [0.25, 0.3) is 0 Å². The van der Waals surface area contributed by atoms with Gasteiger partial charge in [0.2, 0.25) is 0 Å². The van der Waals surface area contributed by atoms with E-state index in [0.717, 1.165) is 36.5 Å². The van der Waals surface area contributed by atoms with E-state index >= 15 is 0 Å². The van der Waals surface area contributed by atoms with Gasteiger partial charge in [-0.25, -0.2) is 0 Å². The number of hydrogen-bond acceptors (Lipinski definition) is 2. The maximum atomic E-state index is 11.7. The molecule has 3 fully saturated rings. The van der Waals surface area contributed by atoms with E-state index in [1.54, 1.807) is 12.5 Å². The van der Waals surface area contributed by atoms with Gasteiger partial charge in [0.1, 0.15) is 5.78 Å². The molecule has 0 saturated heterocycles. The van der Waals surface area contributed by atoms with Crippen LogP contribution in [0.2, 0.25) is 0 Å². The van der Waals surface area contributed by atoms with E-state index in [0.29, 0.717) is 22.5 Å². The number of aliphatic hydroxyl groups is 1. The zero-order valence-electron chi connectivity index (χ0n) is 17.3. The molecule has 2 heteroatoms. The SMILES string of the molecule is CC(=O)C[C@@H](C)[C@H]1CC[C@H]2[C@@H]3CCC4=C[C@@H](O)CC[C@]4(C)[C@H]3CC[C@]12C. The van der Waals surface area contributed by atoms with Crippen LogP contribution in [0.25, 0.3) is 0 Å². The molecule has 0 radical (unpaired) electrons. The lowest BCUT2D eigenvalue weighted by atomic mass is 9.46. The number of hydrogen-bond donors (Lipinski definition) is 1. The predicted molar refractivity (Wildman–Crippen MR) is 106 cm³/mol. The third-order valence-corrected chi connectivity index (χ3v) is 9.46. The van der Waals surface area contributed by atoms with E-state index in [1.807, 2.05) is 0 Å². The summed E-state index contributed by atoms with van der Waals surface area (Å²) in [5.41, 5.74) is 2.36. The van der Waals surface area contributed by atoms with Gasteiger partial charge in [0.15, 0.2) is 0 Å². The summed E-state index contributed by atoms with van der Waals surface area (Å²) in [7, 11) is 0. The number of fused-ring (bicyclic) bond motifs is 5. The summed E-state index contributed by atoms with van der Waals surface area (Å²) in [4.78, 5) is 11.7. The van der Waals surface area contributed by atoms with Crippen molar-refractivity contribution in [2.24, 2.45) is 40.4 Å². The third kappa shape index (κ3) is 2.74. The molecule has 0 heterocycles. The lowest BCUT2D eigenvalue weighted by molar-refractivity contribution is -0.119. The van der Waals surface area contributed by atoms with Crippen LogP contribution >= 0.6 is 0 Å². The lowest BCUT2D eigenvalue weighted by Gasteiger charge is -2.59. The fourth-order valence-electron chi connectivity index (χ4n) is 8.28. The topological polar surface area (TPSA) is 37.3 Å². The van der Waals surface area contributed by atoms with E-state index in [-0.39, 0.29) is 6.10 Å². The largest absolute Gasteiger partial charge is 0.389 e. The van der Waals surface area contributed by atoms with Crippen molar-refractivity contribution in [1.29, 1.82) is 0 Å². The molecule has 0 aromatic rings. The molecule has 0 spiro atoms. The fraction of sp³-hybridized carbons (Fsp3) is 0.875. The monoisotopic (exact) mass is 358 g/mol. The third-order valence-electron chi connectivity index (χ3n) is 9.46. The number of Topliss-reactive ketones (excluding diaryl/α,β-unsaturated/α-hetero) is 1. The Morgan fingerprint density at radius 2 is 1.92 bits per heavy atom. The minimum atomic E-state index is -0.202. The molecule has 0 aromatic heterocycles. The van der Waals surface area contributed by atoms with Crippen LogP contribution in [0, 0.1) is 40.4 Å². The van der Waals surface area contributed by atoms with Gasteiger partial charge >= 0.3 is 0 Å². The molecule has 0 bridgehead atoms. The number of ketones is 1. The number of carbonyl (C=O) groups is 1. The van der Waals surface area contributed by atoms with Gasteiger partial charge in [0, 0.05) is 6.42 Å². The number of rotatable bonds is 3. The molecular formula is C24H38O2. The molecule has 2 nitrogen and oxygen atoms in total.